The molecule has 1 unspecified atom stereocenters. The second kappa shape index (κ2) is 7.08. The fourth-order valence-corrected chi connectivity index (χ4v) is 4.41. The first kappa shape index (κ1) is 20.0. The van der Waals surface area contributed by atoms with Crippen LogP contribution in [0.5, 0.6) is 11.5 Å². The third kappa shape index (κ3) is 3.38. The van der Waals surface area contributed by atoms with Gasteiger partial charge in [0.1, 0.15) is 23.5 Å². The molecule has 2 aliphatic rings. The average molecular weight is 491 g/mol. The Morgan fingerprint density at radius 3 is 2.74 bits per heavy atom. The van der Waals surface area contributed by atoms with E-state index in [9.17, 15) is 4.79 Å². The van der Waals surface area contributed by atoms with Gasteiger partial charge in [-0.3, -0.25) is 9.30 Å². The van der Waals surface area contributed by atoms with Gasteiger partial charge in [-0.1, -0.05) is 0 Å². The number of rotatable bonds is 0. The van der Waals surface area contributed by atoms with E-state index >= 15 is 4.39 Å². The van der Waals surface area contributed by atoms with Gasteiger partial charge in [-0.2, -0.15) is 0 Å². The number of benzene rings is 1. The van der Waals surface area contributed by atoms with E-state index in [0.717, 1.165) is 5.56 Å². The molecule has 0 fully saturated rings. The predicted octanol–water partition coefficient (Wildman–Crippen LogP) is 4.44. The van der Waals surface area contributed by atoms with Crippen molar-refractivity contribution in [2.24, 2.45) is 0 Å². The molecule has 10 heteroatoms. The molecule has 1 atom stereocenters. The minimum atomic E-state index is -0.749. The number of hydrogen-bond donors (Lipinski definition) is 0. The Bertz CT molecular complexity index is 1210. The Balaban J connectivity index is 1.75. The van der Waals surface area contributed by atoms with Crippen LogP contribution in [0.2, 0.25) is 0 Å². The summed E-state index contributed by atoms with van der Waals surface area (Å²) in [6.45, 7) is 5.91. The molecule has 1 aromatic carbocycles. The summed E-state index contributed by atoms with van der Waals surface area (Å²) in [5, 5.41) is 8.08. The van der Waals surface area contributed by atoms with Gasteiger partial charge in [0.05, 0.1) is 30.1 Å². The molecule has 0 bridgehead atoms. The molecule has 31 heavy (non-hydrogen) atoms. The molecule has 1 amide bonds. The predicted molar refractivity (Wildman–Crippen MR) is 113 cm³/mol. The van der Waals surface area contributed by atoms with E-state index in [1.165, 1.54) is 17.3 Å². The Hall–Kier alpha value is -2.88. The van der Waals surface area contributed by atoms with Crippen LogP contribution in [0.1, 0.15) is 37.8 Å². The molecule has 0 saturated heterocycles. The second-order valence-electron chi connectivity index (χ2n) is 8.53. The van der Waals surface area contributed by atoms with Crippen LogP contribution < -0.4 is 14.4 Å². The monoisotopic (exact) mass is 490 g/mol. The van der Waals surface area contributed by atoms with Crippen molar-refractivity contribution in [3.8, 4) is 11.5 Å². The van der Waals surface area contributed by atoms with Crippen molar-refractivity contribution in [1.29, 1.82) is 0 Å². The smallest absolute Gasteiger partial charge is 0.416 e. The van der Waals surface area contributed by atoms with Crippen LogP contribution in [0.3, 0.4) is 0 Å². The van der Waals surface area contributed by atoms with Crippen LogP contribution in [0.25, 0.3) is 5.65 Å². The fourth-order valence-electron chi connectivity index (χ4n) is 3.93. The molecule has 0 spiro atoms. The van der Waals surface area contributed by atoms with Gasteiger partial charge in [-0.15, -0.1) is 10.2 Å². The molecular formula is C21H20BrFN4O4. The van der Waals surface area contributed by atoms with Crippen molar-refractivity contribution in [1.82, 2.24) is 14.6 Å². The summed E-state index contributed by atoms with van der Waals surface area (Å²) in [7, 11) is 0. The SMILES string of the molecule is CC(C)(C)OC(=O)N1Cc2c(F)ccc3c2C(CO3)COc2cc(Br)c3nncn3c21. The number of hydrogen-bond acceptors (Lipinski definition) is 6. The maximum absolute atomic E-state index is 15.1. The summed E-state index contributed by atoms with van der Waals surface area (Å²) in [4.78, 5) is 14.7. The highest BCUT2D eigenvalue weighted by atomic mass is 79.9. The van der Waals surface area contributed by atoms with Crippen molar-refractivity contribution in [2.75, 3.05) is 18.1 Å². The molecule has 2 aromatic heterocycles. The second-order valence-corrected chi connectivity index (χ2v) is 9.38. The molecule has 2 aliphatic heterocycles. The molecule has 8 nitrogen and oxygen atoms in total. The number of nitrogens with zero attached hydrogens (tertiary/aromatic N) is 4. The number of anilines is 1. The topological polar surface area (TPSA) is 78.2 Å². The molecule has 5 rings (SSSR count). The van der Waals surface area contributed by atoms with E-state index in [2.05, 4.69) is 26.1 Å². The maximum atomic E-state index is 15.1. The number of aromatic nitrogens is 3. The van der Waals surface area contributed by atoms with Crippen molar-refractivity contribution < 1.29 is 23.4 Å². The van der Waals surface area contributed by atoms with Gasteiger partial charge in [0.2, 0.25) is 0 Å². The third-order valence-corrected chi connectivity index (χ3v) is 5.79. The van der Waals surface area contributed by atoms with E-state index in [-0.39, 0.29) is 19.1 Å². The summed E-state index contributed by atoms with van der Waals surface area (Å²) in [6.07, 6.45) is 0.849. The van der Waals surface area contributed by atoms with Gasteiger partial charge in [0.25, 0.3) is 0 Å². The number of amides is 1. The van der Waals surface area contributed by atoms with Gasteiger partial charge in [0, 0.05) is 17.2 Å². The van der Waals surface area contributed by atoms with E-state index in [4.69, 9.17) is 14.2 Å². The van der Waals surface area contributed by atoms with Gasteiger partial charge in [0.15, 0.2) is 17.2 Å². The number of pyridine rings is 1. The van der Waals surface area contributed by atoms with Crippen molar-refractivity contribution >= 4 is 33.5 Å². The summed E-state index contributed by atoms with van der Waals surface area (Å²) in [5.41, 5.74) is 0.851. The minimum absolute atomic E-state index is 0.0605. The lowest BCUT2D eigenvalue weighted by Crippen LogP contribution is -2.38. The number of carbonyl (C=O) groups excluding carboxylic acids is 1. The maximum Gasteiger partial charge on any atom is 0.416 e. The first-order chi connectivity index (χ1) is 14.7. The van der Waals surface area contributed by atoms with E-state index < -0.39 is 17.5 Å². The molecule has 0 aliphatic carbocycles. The number of fused-ring (bicyclic) bond motifs is 3. The molecule has 0 radical (unpaired) electrons. The first-order valence-corrected chi connectivity index (χ1v) is 10.6. The standard InChI is InChI=1S/C21H20BrFN4O4/c1-21(2,3)31-20(28)26-7-12-14(23)4-5-15-17(12)11(8-29-15)9-30-16-6-13(22)18-25-24-10-27(18)19(16)26/h4-6,10-11H,7-9H2,1-3H3. The number of carbonyl (C=O) groups is 1. The first-order valence-electron chi connectivity index (χ1n) is 9.82. The molecule has 3 aromatic rings. The Morgan fingerprint density at radius 2 is 2.00 bits per heavy atom. The summed E-state index contributed by atoms with van der Waals surface area (Å²) < 4.78 is 34.9. The zero-order valence-electron chi connectivity index (χ0n) is 17.2. The molecule has 4 heterocycles. The van der Waals surface area contributed by atoms with Crippen LogP contribution in [0, 0.1) is 5.82 Å². The van der Waals surface area contributed by atoms with Crippen molar-refractivity contribution in [3.63, 3.8) is 0 Å². The molecule has 0 N–H and O–H groups in total. The lowest BCUT2D eigenvalue weighted by Gasteiger charge is -2.29. The van der Waals surface area contributed by atoms with Gasteiger partial charge < -0.3 is 14.2 Å². The zero-order chi connectivity index (χ0) is 21.9. The minimum Gasteiger partial charge on any atom is -0.493 e. The number of ether oxygens (including phenoxy) is 3. The largest absolute Gasteiger partial charge is 0.493 e. The normalized spacial score (nSPS) is 17.7. The third-order valence-electron chi connectivity index (χ3n) is 5.20. The van der Waals surface area contributed by atoms with E-state index in [1.807, 2.05) is 0 Å². The Kier molecular flexibility index (Phi) is 4.58. The molecular weight excluding hydrogens is 471 g/mol. The fraction of sp³-hybridized carbons (Fsp3) is 0.381. The molecule has 162 valence electrons. The Labute approximate surface area is 186 Å². The van der Waals surface area contributed by atoms with Crippen LogP contribution in [-0.4, -0.2) is 39.5 Å². The van der Waals surface area contributed by atoms with Crippen molar-refractivity contribution in [2.45, 2.75) is 38.8 Å². The summed E-state index contributed by atoms with van der Waals surface area (Å²) in [5.74, 6) is 0.823. The lowest BCUT2D eigenvalue weighted by atomic mass is 9.95. The quantitative estimate of drug-likeness (QED) is 0.463. The Morgan fingerprint density at radius 1 is 1.26 bits per heavy atom. The zero-order valence-corrected chi connectivity index (χ0v) is 18.8. The van der Waals surface area contributed by atoms with E-state index in [0.29, 0.717) is 39.6 Å². The summed E-state index contributed by atoms with van der Waals surface area (Å²) in [6, 6.07) is 4.71. The number of halogens is 2. The lowest BCUT2D eigenvalue weighted by molar-refractivity contribution is 0.0574. The van der Waals surface area contributed by atoms with Gasteiger partial charge in [-0.05, 0) is 48.8 Å². The van der Waals surface area contributed by atoms with Crippen molar-refractivity contribution in [3.05, 3.63) is 45.9 Å². The highest BCUT2D eigenvalue weighted by molar-refractivity contribution is 9.10. The highest BCUT2D eigenvalue weighted by Crippen LogP contribution is 2.43. The molecule has 0 saturated carbocycles. The van der Waals surface area contributed by atoms with Gasteiger partial charge >= 0.3 is 6.09 Å². The highest BCUT2D eigenvalue weighted by Gasteiger charge is 2.36. The summed E-state index contributed by atoms with van der Waals surface area (Å²) >= 11 is 3.49. The van der Waals surface area contributed by atoms with Crippen LogP contribution >= 0.6 is 15.9 Å². The van der Waals surface area contributed by atoms with Crippen LogP contribution in [-0.2, 0) is 11.3 Å². The average Bonchev–Trinajstić information content (AvgIpc) is 3.33. The van der Waals surface area contributed by atoms with E-state index in [1.54, 1.807) is 37.3 Å². The van der Waals surface area contributed by atoms with Gasteiger partial charge in [-0.25, -0.2) is 9.18 Å². The van der Waals surface area contributed by atoms with Crippen LogP contribution in [0.15, 0.2) is 29.0 Å². The van der Waals surface area contributed by atoms with Crippen LogP contribution in [0.4, 0.5) is 15.0 Å².